The van der Waals surface area contributed by atoms with Gasteiger partial charge >= 0.3 is 5.69 Å². The molecule has 4 rings (SSSR count). The number of fused-ring (bicyclic) bond motifs is 1. The number of aryl methyl sites for hydroxylation is 2. The minimum Gasteiger partial charge on any atom is -0.288 e. The summed E-state index contributed by atoms with van der Waals surface area (Å²) in [5, 5.41) is 1.86. The average molecular weight is 362 g/mol. The molecule has 0 aliphatic heterocycles. The molecule has 5 heteroatoms. The van der Waals surface area contributed by atoms with E-state index >= 15 is 0 Å². The van der Waals surface area contributed by atoms with Crippen LogP contribution in [0.1, 0.15) is 16.7 Å². The fourth-order valence-electron chi connectivity index (χ4n) is 3.04. The van der Waals surface area contributed by atoms with Crippen molar-refractivity contribution in [2.24, 2.45) is 0 Å². The Morgan fingerprint density at radius 2 is 1.46 bits per heavy atom. The number of hydrogen-bond donors (Lipinski definition) is 0. The van der Waals surface area contributed by atoms with Gasteiger partial charge in [0.25, 0.3) is 5.56 Å². The molecule has 4 nitrogen and oxygen atoms in total. The summed E-state index contributed by atoms with van der Waals surface area (Å²) in [4.78, 5) is 26.1. The molecule has 2 aromatic heterocycles. The SMILES string of the molecule is Cc1ccc(Cn2c(=O)n(-c3ccc(C)cc3)c(=O)c3sccc32)cc1. The van der Waals surface area contributed by atoms with E-state index in [-0.39, 0.29) is 11.2 Å². The fourth-order valence-corrected chi connectivity index (χ4v) is 3.86. The first-order valence-electron chi connectivity index (χ1n) is 8.40. The summed E-state index contributed by atoms with van der Waals surface area (Å²) in [6.07, 6.45) is 0. The third-order valence-electron chi connectivity index (χ3n) is 4.51. The molecule has 0 unspecified atom stereocenters. The van der Waals surface area contributed by atoms with Gasteiger partial charge in [0.2, 0.25) is 0 Å². The van der Waals surface area contributed by atoms with Crippen LogP contribution >= 0.6 is 11.3 Å². The van der Waals surface area contributed by atoms with Crippen LogP contribution in [0.25, 0.3) is 15.9 Å². The van der Waals surface area contributed by atoms with Gasteiger partial charge in [0, 0.05) is 0 Å². The maximum atomic E-state index is 13.2. The van der Waals surface area contributed by atoms with Gasteiger partial charge in [-0.05, 0) is 43.0 Å². The number of aromatic nitrogens is 2. The van der Waals surface area contributed by atoms with E-state index in [1.807, 2.05) is 73.8 Å². The summed E-state index contributed by atoms with van der Waals surface area (Å²) in [7, 11) is 0. The molecule has 0 spiro atoms. The molecule has 0 saturated heterocycles. The normalized spacial score (nSPS) is 11.2. The molecule has 0 fully saturated rings. The van der Waals surface area contributed by atoms with Crippen molar-refractivity contribution in [2.45, 2.75) is 20.4 Å². The lowest BCUT2D eigenvalue weighted by Gasteiger charge is -2.13. The summed E-state index contributed by atoms with van der Waals surface area (Å²) in [5.41, 5.74) is 3.99. The molecule has 4 aromatic rings. The minimum atomic E-state index is -0.315. The number of hydrogen-bond acceptors (Lipinski definition) is 3. The number of nitrogens with zero attached hydrogens (tertiary/aromatic N) is 2. The van der Waals surface area contributed by atoms with Crippen molar-refractivity contribution in [3.8, 4) is 5.69 Å². The van der Waals surface area contributed by atoms with E-state index in [1.165, 1.54) is 21.5 Å². The van der Waals surface area contributed by atoms with Gasteiger partial charge in [0.05, 0.1) is 17.7 Å². The minimum absolute atomic E-state index is 0.260. The van der Waals surface area contributed by atoms with Crippen molar-refractivity contribution in [1.82, 2.24) is 9.13 Å². The van der Waals surface area contributed by atoms with Gasteiger partial charge in [-0.1, -0.05) is 47.5 Å². The van der Waals surface area contributed by atoms with Crippen LogP contribution in [0.2, 0.25) is 0 Å². The quantitative estimate of drug-likeness (QED) is 0.555. The molecular formula is C21H18N2O2S. The van der Waals surface area contributed by atoms with Gasteiger partial charge in [-0.25, -0.2) is 9.36 Å². The van der Waals surface area contributed by atoms with Crippen molar-refractivity contribution in [3.05, 3.63) is 97.5 Å². The molecule has 0 saturated carbocycles. The lowest BCUT2D eigenvalue weighted by Crippen LogP contribution is -2.38. The third kappa shape index (κ3) is 2.80. The molecule has 0 bridgehead atoms. The highest BCUT2D eigenvalue weighted by Gasteiger charge is 2.15. The molecule has 0 radical (unpaired) electrons. The van der Waals surface area contributed by atoms with E-state index in [4.69, 9.17) is 0 Å². The average Bonchev–Trinajstić information content (AvgIpc) is 3.12. The molecule has 2 heterocycles. The molecule has 0 aliphatic carbocycles. The smallest absolute Gasteiger partial charge is 0.288 e. The zero-order chi connectivity index (χ0) is 18.3. The number of rotatable bonds is 3. The van der Waals surface area contributed by atoms with Crippen molar-refractivity contribution in [2.75, 3.05) is 0 Å². The van der Waals surface area contributed by atoms with E-state index in [2.05, 4.69) is 0 Å². The standard InChI is InChI=1S/C21H18N2O2S/c1-14-3-7-16(8-4-14)13-22-18-11-12-26-19(18)20(24)23(21(22)25)17-9-5-15(2)6-10-17/h3-12H,13H2,1-2H3. The Kier molecular flexibility index (Phi) is 4.09. The monoisotopic (exact) mass is 362 g/mol. The van der Waals surface area contributed by atoms with Crippen molar-refractivity contribution < 1.29 is 0 Å². The maximum Gasteiger partial charge on any atom is 0.336 e. The predicted molar refractivity (Wildman–Crippen MR) is 107 cm³/mol. The van der Waals surface area contributed by atoms with E-state index in [0.29, 0.717) is 22.4 Å². The third-order valence-corrected chi connectivity index (χ3v) is 5.40. The summed E-state index contributed by atoms with van der Waals surface area (Å²) in [6, 6.07) is 17.4. The summed E-state index contributed by atoms with van der Waals surface area (Å²) in [6.45, 7) is 4.44. The van der Waals surface area contributed by atoms with Gasteiger partial charge in [0.15, 0.2) is 0 Å². The van der Waals surface area contributed by atoms with Crippen LogP contribution in [0.15, 0.2) is 69.6 Å². The second-order valence-corrected chi connectivity index (χ2v) is 7.38. The lowest BCUT2D eigenvalue weighted by molar-refractivity contribution is 0.716. The largest absolute Gasteiger partial charge is 0.336 e. The van der Waals surface area contributed by atoms with E-state index in [9.17, 15) is 9.59 Å². The zero-order valence-electron chi connectivity index (χ0n) is 14.6. The van der Waals surface area contributed by atoms with Crippen molar-refractivity contribution >= 4 is 21.6 Å². The molecule has 130 valence electrons. The van der Waals surface area contributed by atoms with Gasteiger partial charge < -0.3 is 0 Å². The first kappa shape index (κ1) is 16.5. The van der Waals surface area contributed by atoms with E-state index < -0.39 is 0 Å². The molecule has 26 heavy (non-hydrogen) atoms. The Bertz CT molecular complexity index is 1200. The van der Waals surface area contributed by atoms with E-state index in [0.717, 1.165) is 11.1 Å². The summed E-state index contributed by atoms with van der Waals surface area (Å²) < 4.78 is 3.54. The highest BCUT2D eigenvalue weighted by molar-refractivity contribution is 7.17. The van der Waals surface area contributed by atoms with Crippen LogP contribution in [-0.2, 0) is 6.54 Å². The second kappa shape index (κ2) is 6.42. The van der Waals surface area contributed by atoms with Gasteiger partial charge in [-0.2, -0.15) is 0 Å². The van der Waals surface area contributed by atoms with Crippen LogP contribution in [0.4, 0.5) is 0 Å². The number of thiophene rings is 1. The molecule has 0 atom stereocenters. The van der Waals surface area contributed by atoms with Gasteiger partial charge in [-0.3, -0.25) is 9.36 Å². The summed E-state index contributed by atoms with van der Waals surface area (Å²) in [5.74, 6) is 0. The van der Waals surface area contributed by atoms with Crippen molar-refractivity contribution in [3.63, 3.8) is 0 Å². The Morgan fingerprint density at radius 3 is 2.12 bits per heavy atom. The molecular weight excluding hydrogens is 344 g/mol. The predicted octanol–water partition coefficient (Wildman–Crippen LogP) is 3.88. The Hall–Kier alpha value is -2.92. The Morgan fingerprint density at radius 1 is 0.846 bits per heavy atom. The fraction of sp³-hybridized carbons (Fsp3) is 0.143. The second-order valence-electron chi connectivity index (χ2n) is 6.47. The van der Waals surface area contributed by atoms with Gasteiger partial charge in [0.1, 0.15) is 4.70 Å². The summed E-state index contributed by atoms with van der Waals surface area (Å²) >= 11 is 1.37. The van der Waals surface area contributed by atoms with Crippen LogP contribution < -0.4 is 11.2 Å². The van der Waals surface area contributed by atoms with Crippen molar-refractivity contribution in [1.29, 1.82) is 0 Å². The Balaban J connectivity index is 1.96. The number of benzene rings is 2. The molecule has 2 aromatic carbocycles. The van der Waals surface area contributed by atoms with Crippen LogP contribution in [0, 0.1) is 13.8 Å². The first-order valence-corrected chi connectivity index (χ1v) is 9.28. The van der Waals surface area contributed by atoms with Crippen LogP contribution in [0.5, 0.6) is 0 Å². The highest BCUT2D eigenvalue weighted by Crippen LogP contribution is 2.18. The van der Waals surface area contributed by atoms with Crippen LogP contribution in [0.3, 0.4) is 0 Å². The zero-order valence-corrected chi connectivity index (χ0v) is 15.4. The van der Waals surface area contributed by atoms with Gasteiger partial charge in [-0.15, -0.1) is 11.3 Å². The topological polar surface area (TPSA) is 44.0 Å². The maximum absolute atomic E-state index is 13.2. The Labute approximate surface area is 154 Å². The van der Waals surface area contributed by atoms with E-state index in [1.54, 1.807) is 4.57 Å². The molecule has 0 amide bonds. The molecule has 0 N–H and O–H groups in total. The highest BCUT2D eigenvalue weighted by atomic mass is 32.1. The molecule has 0 aliphatic rings. The first-order chi connectivity index (χ1) is 12.5. The lowest BCUT2D eigenvalue weighted by atomic mass is 10.1. The van der Waals surface area contributed by atoms with Crippen LogP contribution in [-0.4, -0.2) is 9.13 Å².